The van der Waals surface area contributed by atoms with Gasteiger partial charge in [-0.1, -0.05) is 12.1 Å². The molecule has 0 bridgehead atoms. The number of pyridine rings is 2. The van der Waals surface area contributed by atoms with Crippen molar-refractivity contribution in [3.63, 3.8) is 0 Å². The van der Waals surface area contributed by atoms with Crippen LogP contribution in [0.4, 0.5) is 0 Å². The van der Waals surface area contributed by atoms with Gasteiger partial charge in [0.2, 0.25) is 17.8 Å². The highest BCUT2D eigenvalue weighted by molar-refractivity contribution is 6.01. The van der Waals surface area contributed by atoms with Gasteiger partial charge in [0.25, 0.3) is 0 Å². The van der Waals surface area contributed by atoms with Gasteiger partial charge in [0.1, 0.15) is 5.52 Å². The lowest BCUT2D eigenvalue weighted by atomic mass is 10.1. The van der Waals surface area contributed by atoms with E-state index in [-0.39, 0.29) is 12.3 Å². The first-order valence-electron chi connectivity index (χ1n) is 8.62. The molecule has 5 nitrogen and oxygen atoms in total. The van der Waals surface area contributed by atoms with E-state index in [2.05, 4.69) is 11.1 Å². The Morgan fingerprint density at radius 2 is 1.74 bits per heavy atom. The smallest absolute Gasteiger partial charge is 0.239 e. The number of methoxy groups -OCH3 is 2. The second-order valence-electron chi connectivity index (χ2n) is 6.21. The van der Waals surface area contributed by atoms with E-state index in [1.807, 2.05) is 41.1 Å². The van der Waals surface area contributed by atoms with E-state index in [1.165, 1.54) is 0 Å². The molecule has 2 aromatic carbocycles. The van der Waals surface area contributed by atoms with Crippen molar-refractivity contribution in [2.24, 2.45) is 0 Å². The van der Waals surface area contributed by atoms with Crippen molar-refractivity contribution >= 4 is 27.6 Å². The normalized spacial score (nSPS) is 10.9. The molecule has 0 fully saturated rings. The quantitative estimate of drug-likeness (QED) is 0.310. The standard InChI is InChI=1S/C22H19N2O3/c1-26-19-10-9-17(13-20(19)27-2)18(25)14-24-12-4-6-16-8-7-15-5-3-11-23-21(15)22(16)24/h3-13H,14H2,1-2H3/q+1. The van der Waals surface area contributed by atoms with Crippen molar-refractivity contribution in [1.82, 2.24) is 4.98 Å². The molecule has 0 amide bonds. The van der Waals surface area contributed by atoms with Crippen LogP contribution in [0.2, 0.25) is 0 Å². The van der Waals surface area contributed by atoms with Crippen molar-refractivity contribution in [2.45, 2.75) is 6.54 Å². The Balaban J connectivity index is 1.77. The maximum absolute atomic E-state index is 12.9. The number of hydrogen-bond donors (Lipinski definition) is 0. The van der Waals surface area contributed by atoms with Crippen LogP contribution in [-0.2, 0) is 6.54 Å². The Bertz CT molecular complexity index is 1150. The topological polar surface area (TPSA) is 52.3 Å². The summed E-state index contributed by atoms with van der Waals surface area (Å²) in [6.45, 7) is 0.211. The summed E-state index contributed by atoms with van der Waals surface area (Å²) in [6.07, 6.45) is 3.68. The summed E-state index contributed by atoms with van der Waals surface area (Å²) in [5, 5.41) is 2.09. The highest BCUT2D eigenvalue weighted by Crippen LogP contribution is 2.28. The fourth-order valence-corrected chi connectivity index (χ4v) is 3.29. The summed E-state index contributed by atoms with van der Waals surface area (Å²) in [5.74, 6) is 1.13. The number of fused-ring (bicyclic) bond motifs is 3. The summed E-state index contributed by atoms with van der Waals surface area (Å²) in [5.41, 5.74) is 2.41. The van der Waals surface area contributed by atoms with E-state index in [1.54, 1.807) is 38.6 Å². The summed E-state index contributed by atoms with van der Waals surface area (Å²) in [7, 11) is 3.13. The predicted octanol–water partition coefficient (Wildman–Crippen LogP) is 3.58. The molecule has 0 spiro atoms. The number of Topliss-reactive ketones (excluding diaryl/α,β-unsaturated/α-hetero) is 1. The SMILES string of the molecule is COc1ccc(C(=O)C[n+]2cccc3ccc4cccnc4c32)cc1OC. The van der Waals surface area contributed by atoms with Gasteiger partial charge in [0.05, 0.1) is 14.2 Å². The largest absolute Gasteiger partial charge is 0.493 e. The third-order valence-electron chi connectivity index (χ3n) is 4.63. The first kappa shape index (κ1) is 17.0. The van der Waals surface area contributed by atoms with Gasteiger partial charge in [0, 0.05) is 28.6 Å². The van der Waals surface area contributed by atoms with E-state index in [0.717, 1.165) is 21.8 Å². The molecule has 27 heavy (non-hydrogen) atoms. The number of carbonyl (C=O) groups is 1. The Hall–Kier alpha value is -3.47. The highest BCUT2D eigenvalue weighted by atomic mass is 16.5. The van der Waals surface area contributed by atoms with E-state index in [4.69, 9.17) is 9.47 Å². The van der Waals surface area contributed by atoms with Crippen molar-refractivity contribution < 1.29 is 18.8 Å². The summed E-state index contributed by atoms with van der Waals surface area (Å²) in [6, 6.07) is 17.2. The van der Waals surface area contributed by atoms with E-state index in [0.29, 0.717) is 17.1 Å². The minimum Gasteiger partial charge on any atom is -0.493 e. The van der Waals surface area contributed by atoms with Crippen molar-refractivity contribution in [2.75, 3.05) is 14.2 Å². The molecule has 0 aliphatic carbocycles. The zero-order valence-electron chi connectivity index (χ0n) is 15.2. The van der Waals surface area contributed by atoms with Crippen LogP contribution in [0.5, 0.6) is 11.5 Å². The number of ketones is 1. The molecule has 0 aliphatic heterocycles. The van der Waals surface area contributed by atoms with Crippen LogP contribution in [0.1, 0.15) is 10.4 Å². The zero-order chi connectivity index (χ0) is 18.8. The molecule has 0 unspecified atom stereocenters. The third-order valence-corrected chi connectivity index (χ3v) is 4.63. The van der Waals surface area contributed by atoms with Gasteiger partial charge in [-0.25, -0.2) is 4.98 Å². The van der Waals surface area contributed by atoms with Crippen LogP contribution < -0.4 is 14.0 Å². The Labute approximate surface area is 156 Å². The van der Waals surface area contributed by atoms with Crippen LogP contribution >= 0.6 is 0 Å². The molecular formula is C22H19N2O3+. The van der Waals surface area contributed by atoms with Gasteiger partial charge in [-0.15, -0.1) is 0 Å². The second-order valence-corrected chi connectivity index (χ2v) is 6.21. The van der Waals surface area contributed by atoms with Crippen LogP contribution in [-0.4, -0.2) is 25.0 Å². The first-order chi connectivity index (χ1) is 13.2. The molecule has 0 saturated heterocycles. The van der Waals surface area contributed by atoms with Gasteiger partial charge < -0.3 is 9.47 Å². The fourth-order valence-electron chi connectivity index (χ4n) is 3.29. The molecule has 4 aromatic rings. The number of ether oxygens (including phenoxy) is 2. The lowest BCUT2D eigenvalue weighted by molar-refractivity contribution is -0.656. The number of nitrogens with zero attached hydrogens (tertiary/aromatic N) is 2. The zero-order valence-corrected chi connectivity index (χ0v) is 15.2. The summed E-state index contributed by atoms with van der Waals surface area (Å²) >= 11 is 0. The molecule has 5 heteroatoms. The summed E-state index contributed by atoms with van der Waals surface area (Å²) < 4.78 is 12.5. The summed E-state index contributed by atoms with van der Waals surface area (Å²) in [4.78, 5) is 17.5. The van der Waals surface area contributed by atoms with Gasteiger partial charge in [-0.05, 0) is 36.4 Å². The molecule has 0 N–H and O–H groups in total. The van der Waals surface area contributed by atoms with Crippen molar-refractivity contribution in [3.8, 4) is 11.5 Å². The van der Waals surface area contributed by atoms with Crippen LogP contribution in [0, 0.1) is 0 Å². The number of carbonyl (C=O) groups excluding carboxylic acids is 1. The van der Waals surface area contributed by atoms with Crippen LogP contribution in [0.15, 0.2) is 67.0 Å². The monoisotopic (exact) mass is 359 g/mol. The average Bonchev–Trinajstić information content (AvgIpc) is 2.73. The number of benzene rings is 2. The number of hydrogen-bond acceptors (Lipinski definition) is 4. The van der Waals surface area contributed by atoms with Gasteiger partial charge in [-0.3, -0.25) is 4.79 Å². The third kappa shape index (κ3) is 3.08. The van der Waals surface area contributed by atoms with E-state index >= 15 is 0 Å². The van der Waals surface area contributed by atoms with Gasteiger partial charge in [-0.2, -0.15) is 4.57 Å². The molecule has 2 heterocycles. The predicted molar refractivity (Wildman–Crippen MR) is 103 cm³/mol. The first-order valence-corrected chi connectivity index (χ1v) is 8.62. The van der Waals surface area contributed by atoms with Crippen LogP contribution in [0.25, 0.3) is 21.8 Å². The minimum atomic E-state index is -0.0126. The lowest BCUT2D eigenvalue weighted by Crippen LogP contribution is -2.38. The molecule has 2 aromatic heterocycles. The van der Waals surface area contributed by atoms with Gasteiger partial charge >= 0.3 is 0 Å². The lowest BCUT2D eigenvalue weighted by Gasteiger charge is -2.09. The second kappa shape index (κ2) is 7.03. The van der Waals surface area contributed by atoms with E-state index in [9.17, 15) is 4.79 Å². The molecule has 134 valence electrons. The van der Waals surface area contributed by atoms with E-state index < -0.39 is 0 Å². The molecule has 0 saturated carbocycles. The maximum atomic E-state index is 12.9. The highest BCUT2D eigenvalue weighted by Gasteiger charge is 2.19. The van der Waals surface area contributed by atoms with Crippen LogP contribution in [0.3, 0.4) is 0 Å². The fraction of sp³-hybridized carbons (Fsp3) is 0.136. The Kier molecular flexibility index (Phi) is 4.42. The van der Waals surface area contributed by atoms with Crippen molar-refractivity contribution in [3.05, 3.63) is 72.6 Å². The molecule has 0 aliphatic rings. The van der Waals surface area contributed by atoms with Gasteiger partial charge in [0.15, 0.2) is 17.7 Å². The Morgan fingerprint density at radius 3 is 2.56 bits per heavy atom. The van der Waals surface area contributed by atoms with Crippen molar-refractivity contribution in [1.29, 1.82) is 0 Å². The molecule has 0 radical (unpaired) electrons. The molecule has 4 rings (SSSR count). The maximum Gasteiger partial charge on any atom is 0.239 e. The Morgan fingerprint density at radius 1 is 0.963 bits per heavy atom. The average molecular weight is 359 g/mol. The molecular weight excluding hydrogens is 340 g/mol. The number of rotatable bonds is 5. The minimum absolute atomic E-state index is 0.0126. The number of aromatic nitrogens is 2. The molecule has 0 atom stereocenters.